The van der Waals surface area contributed by atoms with Gasteiger partial charge in [-0.05, 0) is 25.7 Å². The Kier molecular flexibility index (Phi) is 10.9. The molecule has 0 aliphatic heterocycles. The van der Waals surface area contributed by atoms with Crippen molar-refractivity contribution in [3.63, 3.8) is 0 Å². The lowest BCUT2D eigenvalue weighted by Gasteiger charge is -1.94. The minimum absolute atomic E-state index is 0.342. The minimum atomic E-state index is 0.342. The van der Waals surface area contributed by atoms with Crippen LogP contribution in [0, 0.1) is 0 Å². The fraction of sp³-hybridized carbons (Fsp3) is 0.667. The van der Waals surface area contributed by atoms with Crippen molar-refractivity contribution in [3.05, 3.63) is 24.3 Å². The number of aliphatic hydroxyl groups is 1. The number of unbranched alkanes of at least 4 members (excludes halogenated alkanes) is 4. The number of allylic oxidation sites excluding steroid dienone is 4. The standard InChI is InChI=1S/C12H22O/c1-2-3-4-5-6-7-8-9-10-11-12-13/h3-6,13H,2,7-12H2,1H3. The Bertz CT molecular complexity index is 136. The molecule has 0 aliphatic carbocycles. The largest absolute Gasteiger partial charge is 0.396 e. The van der Waals surface area contributed by atoms with Crippen LogP contribution in [0.2, 0.25) is 0 Å². The van der Waals surface area contributed by atoms with Gasteiger partial charge in [0.2, 0.25) is 0 Å². The number of rotatable bonds is 8. The van der Waals surface area contributed by atoms with Crippen molar-refractivity contribution >= 4 is 0 Å². The summed E-state index contributed by atoms with van der Waals surface area (Å²) in [5.41, 5.74) is 0. The zero-order valence-corrected chi connectivity index (χ0v) is 8.71. The molecule has 0 saturated carbocycles. The molecule has 1 heteroatoms. The topological polar surface area (TPSA) is 20.2 Å². The summed E-state index contributed by atoms with van der Waals surface area (Å²) in [6.45, 7) is 2.48. The van der Waals surface area contributed by atoms with E-state index in [1.807, 2.05) is 0 Å². The van der Waals surface area contributed by atoms with E-state index >= 15 is 0 Å². The first-order valence-electron chi connectivity index (χ1n) is 5.34. The molecule has 0 heterocycles. The van der Waals surface area contributed by atoms with Gasteiger partial charge >= 0.3 is 0 Å². The van der Waals surface area contributed by atoms with Gasteiger partial charge in [-0.3, -0.25) is 0 Å². The second-order valence-electron chi connectivity index (χ2n) is 3.19. The predicted molar refractivity (Wildman–Crippen MR) is 58.7 cm³/mol. The summed E-state index contributed by atoms with van der Waals surface area (Å²) in [5, 5.41) is 8.54. The van der Waals surface area contributed by atoms with Gasteiger partial charge in [-0.1, -0.05) is 44.1 Å². The van der Waals surface area contributed by atoms with Crippen LogP contribution < -0.4 is 0 Å². The fourth-order valence-electron chi connectivity index (χ4n) is 1.12. The van der Waals surface area contributed by atoms with Gasteiger partial charge in [0, 0.05) is 6.61 Å². The molecule has 1 nitrogen and oxygen atoms in total. The summed E-state index contributed by atoms with van der Waals surface area (Å²) < 4.78 is 0. The van der Waals surface area contributed by atoms with Crippen LogP contribution in [0.3, 0.4) is 0 Å². The van der Waals surface area contributed by atoms with E-state index in [4.69, 9.17) is 5.11 Å². The SMILES string of the molecule is CCC=CC=CCCCCCCO. The van der Waals surface area contributed by atoms with Gasteiger partial charge in [-0.25, -0.2) is 0 Å². The Hall–Kier alpha value is -0.560. The number of hydrogen-bond donors (Lipinski definition) is 1. The zero-order chi connectivity index (χ0) is 9.78. The van der Waals surface area contributed by atoms with Crippen molar-refractivity contribution in [2.24, 2.45) is 0 Å². The van der Waals surface area contributed by atoms with Gasteiger partial charge < -0.3 is 5.11 Å². The van der Waals surface area contributed by atoms with Crippen LogP contribution >= 0.6 is 0 Å². The molecule has 0 radical (unpaired) electrons. The summed E-state index contributed by atoms with van der Waals surface area (Å²) in [7, 11) is 0. The van der Waals surface area contributed by atoms with E-state index in [1.54, 1.807) is 0 Å². The van der Waals surface area contributed by atoms with E-state index in [-0.39, 0.29) is 0 Å². The molecule has 0 spiro atoms. The van der Waals surface area contributed by atoms with Gasteiger partial charge in [0.1, 0.15) is 0 Å². The first-order chi connectivity index (χ1) is 6.41. The highest BCUT2D eigenvalue weighted by molar-refractivity contribution is 5.01. The summed E-state index contributed by atoms with van der Waals surface area (Å²) in [4.78, 5) is 0. The average molecular weight is 182 g/mol. The Morgan fingerprint density at radius 3 is 2.31 bits per heavy atom. The van der Waals surface area contributed by atoms with Crippen molar-refractivity contribution in [2.45, 2.75) is 45.4 Å². The maximum atomic E-state index is 8.54. The van der Waals surface area contributed by atoms with Crippen molar-refractivity contribution in [1.29, 1.82) is 0 Å². The molecule has 0 atom stereocenters. The monoisotopic (exact) mass is 182 g/mol. The summed E-state index contributed by atoms with van der Waals surface area (Å²) >= 11 is 0. The molecular formula is C12H22O. The van der Waals surface area contributed by atoms with E-state index < -0.39 is 0 Å². The van der Waals surface area contributed by atoms with Gasteiger partial charge in [0.25, 0.3) is 0 Å². The highest BCUT2D eigenvalue weighted by Gasteiger charge is 1.85. The Labute approximate surface area is 82.2 Å². The quantitative estimate of drug-likeness (QED) is 0.450. The van der Waals surface area contributed by atoms with E-state index in [9.17, 15) is 0 Å². The highest BCUT2D eigenvalue weighted by atomic mass is 16.2. The maximum Gasteiger partial charge on any atom is 0.0431 e. The molecule has 0 saturated heterocycles. The van der Waals surface area contributed by atoms with Crippen molar-refractivity contribution < 1.29 is 5.11 Å². The van der Waals surface area contributed by atoms with Crippen LogP contribution in [0.1, 0.15) is 45.4 Å². The lowest BCUT2D eigenvalue weighted by molar-refractivity contribution is 0.282. The first kappa shape index (κ1) is 12.4. The number of aliphatic hydroxyl groups excluding tert-OH is 1. The maximum absolute atomic E-state index is 8.54. The lowest BCUT2D eigenvalue weighted by atomic mass is 10.1. The first-order valence-corrected chi connectivity index (χ1v) is 5.34. The normalized spacial score (nSPS) is 11.8. The molecule has 1 N–H and O–H groups in total. The molecule has 0 unspecified atom stereocenters. The molecule has 13 heavy (non-hydrogen) atoms. The van der Waals surface area contributed by atoms with Crippen LogP contribution in [0.4, 0.5) is 0 Å². The molecule has 0 amide bonds. The predicted octanol–water partition coefficient (Wildman–Crippen LogP) is 3.45. The molecule has 0 bridgehead atoms. The molecule has 76 valence electrons. The van der Waals surface area contributed by atoms with Crippen LogP contribution in [0.5, 0.6) is 0 Å². The van der Waals surface area contributed by atoms with E-state index in [0.29, 0.717) is 6.61 Å². The van der Waals surface area contributed by atoms with Gasteiger partial charge in [-0.2, -0.15) is 0 Å². The lowest BCUT2D eigenvalue weighted by Crippen LogP contribution is -1.82. The molecule has 0 aliphatic rings. The third kappa shape index (κ3) is 11.4. The van der Waals surface area contributed by atoms with E-state index in [2.05, 4.69) is 31.2 Å². The van der Waals surface area contributed by atoms with Crippen LogP contribution in [-0.2, 0) is 0 Å². The Morgan fingerprint density at radius 2 is 1.62 bits per heavy atom. The zero-order valence-electron chi connectivity index (χ0n) is 8.71. The highest BCUT2D eigenvalue weighted by Crippen LogP contribution is 2.02. The van der Waals surface area contributed by atoms with Crippen LogP contribution in [0.15, 0.2) is 24.3 Å². The van der Waals surface area contributed by atoms with Gasteiger partial charge in [0.05, 0.1) is 0 Å². The van der Waals surface area contributed by atoms with Gasteiger partial charge in [-0.15, -0.1) is 0 Å². The molecule has 0 fully saturated rings. The molecule has 0 rings (SSSR count). The van der Waals surface area contributed by atoms with Crippen LogP contribution in [0.25, 0.3) is 0 Å². The minimum Gasteiger partial charge on any atom is -0.396 e. The summed E-state index contributed by atoms with van der Waals surface area (Å²) in [6.07, 6.45) is 15.5. The van der Waals surface area contributed by atoms with E-state index in [1.165, 1.54) is 19.3 Å². The molecule has 0 aromatic carbocycles. The van der Waals surface area contributed by atoms with Crippen molar-refractivity contribution in [2.75, 3.05) is 6.61 Å². The van der Waals surface area contributed by atoms with Crippen molar-refractivity contribution in [1.82, 2.24) is 0 Å². The number of hydrogen-bond acceptors (Lipinski definition) is 1. The molecule has 0 aromatic heterocycles. The molecule has 0 aromatic rings. The molecular weight excluding hydrogens is 160 g/mol. The smallest absolute Gasteiger partial charge is 0.0431 e. The van der Waals surface area contributed by atoms with Gasteiger partial charge in [0.15, 0.2) is 0 Å². The van der Waals surface area contributed by atoms with E-state index in [0.717, 1.165) is 19.3 Å². The van der Waals surface area contributed by atoms with Crippen LogP contribution in [-0.4, -0.2) is 11.7 Å². The second-order valence-corrected chi connectivity index (χ2v) is 3.19. The van der Waals surface area contributed by atoms with Crippen molar-refractivity contribution in [3.8, 4) is 0 Å². The fourth-order valence-corrected chi connectivity index (χ4v) is 1.12. The summed E-state index contributed by atoms with van der Waals surface area (Å²) in [6, 6.07) is 0. The Morgan fingerprint density at radius 1 is 0.923 bits per heavy atom. The third-order valence-corrected chi connectivity index (χ3v) is 1.90. The summed E-state index contributed by atoms with van der Waals surface area (Å²) in [5.74, 6) is 0. The average Bonchev–Trinajstić information content (AvgIpc) is 2.16. The second kappa shape index (κ2) is 11.4. The third-order valence-electron chi connectivity index (χ3n) is 1.90. The Balaban J connectivity index is 3.06.